The third-order valence-corrected chi connectivity index (χ3v) is 3.41. The molecule has 15 heavy (non-hydrogen) atoms. The number of rotatable bonds is 6. The molecule has 3 heteroatoms. The van der Waals surface area contributed by atoms with Crippen LogP contribution in [0.3, 0.4) is 0 Å². The van der Waals surface area contributed by atoms with Crippen molar-refractivity contribution in [2.45, 2.75) is 45.6 Å². The molecule has 1 fully saturated rings. The van der Waals surface area contributed by atoms with Crippen LogP contribution in [-0.2, 0) is 4.74 Å². The topological polar surface area (TPSA) is 12.5 Å². The monoisotopic (exact) mass is 231 g/mol. The van der Waals surface area contributed by atoms with Gasteiger partial charge in [-0.25, -0.2) is 0 Å². The first-order valence-corrected chi connectivity index (χ1v) is 6.80. The zero-order chi connectivity index (χ0) is 11.1. The fourth-order valence-corrected chi connectivity index (χ4v) is 2.24. The highest BCUT2D eigenvalue weighted by atomic mass is 32.1. The van der Waals surface area contributed by atoms with Crippen LogP contribution < -0.4 is 0 Å². The van der Waals surface area contributed by atoms with Crippen molar-refractivity contribution in [2.75, 3.05) is 25.6 Å². The van der Waals surface area contributed by atoms with Gasteiger partial charge in [-0.1, -0.05) is 13.8 Å². The number of piperidine rings is 1. The van der Waals surface area contributed by atoms with Gasteiger partial charge in [0, 0.05) is 25.6 Å². The van der Waals surface area contributed by atoms with E-state index in [0.717, 1.165) is 31.5 Å². The van der Waals surface area contributed by atoms with Crippen LogP contribution in [0.5, 0.6) is 0 Å². The number of ether oxygens (including phenoxy) is 1. The number of hydrogen-bond acceptors (Lipinski definition) is 3. The Balaban J connectivity index is 1.99. The first-order valence-electron chi connectivity index (χ1n) is 6.17. The van der Waals surface area contributed by atoms with Crippen molar-refractivity contribution >= 4 is 12.6 Å². The average molecular weight is 231 g/mol. The van der Waals surface area contributed by atoms with Crippen LogP contribution in [0.1, 0.15) is 39.5 Å². The van der Waals surface area contributed by atoms with Crippen LogP contribution in [0, 0.1) is 5.92 Å². The zero-order valence-electron chi connectivity index (χ0n) is 10.1. The molecule has 0 aromatic carbocycles. The van der Waals surface area contributed by atoms with E-state index in [1.165, 1.54) is 25.7 Å². The minimum absolute atomic E-state index is 0.508. The molecule has 2 nitrogen and oxygen atoms in total. The molecule has 0 aliphatic carbocycles. The van der Waals surface area contributed by atoms with Crippen LogP contribution >= 0.6 is 12.6 Å². The van der Waals surface area contributed by atoms with Gasteiger partial charge >= 0.3 is 0 Å². The molecule has 0 amide bonds. The lowest BCUT2D eigenvalue weighted by atomic mass is 10.1. The predicted molar refractivity (Wildman–Crippen MR) is 68.5 cm³/mol. The van der Waals surface area contributed by atoms with Crippen molar-refractivity contribution in [2.24, 2.45) is 5.92 Å². The third kappa shape index (κ3) is 5.79. The second kappa shape index (κ2) is 7.53. The summed E-state index contributed by atoms with van der Waals surface area (Å²) in [6, 6.07) is 0. The van der Waals surface area contributed by atoms with Crippen LogP contribution in [0.15, 0.2) is 0 Å². The van der Waals surface area contributed by atoms with Gasteiger partial charge in [-0.3, -0.25) is 4.90 Å². The lowest BCUT2D eigenvalue weighted by Crippen LogP contribution is -2.36. The summed E-state index contributed by atoms with van der Waals surface area (Å²) in [4.78, 5) is 2.37. The molecule has 0 N–H and O–H groups in total. The van der Waals surface area contributed by atoms with Gasteiger partial charge in [0.2, 0.25) is 0 Å². The van der Waals surface area contributed by atoms with Gasteiger partial charge in [0.15, 0.2) is 0 Å². The van der Waals surface area contributed by atoms with Gasteiger partial charge in [-0.05, 0) is 31.6 Å². The highest BCUT2D eigenvalue weighted by Crippen LogP contribution is 2.14. The molecule has 1 saturated heterocycles. The highest BCUT2D eigenvalue weighted by Gasteiger charge is 2.18. The van der Waals surface area contributed by atoms with Crippen molar-refractivity contribution in [3.63, 3.8) is 0 Å². The Labute approximate surface area is 99.8 Å². The van der Waals surface area contributed by atoms with Gasteiger partial charge in [0.1, 0.15) is 0 Å². The SMILES string of the molecule is CC(C)CCCOC1CCN(CS)CC1. The Bertz CT molecular complexity index is 156. The van der Waals surface area contributed by atoms with E-state index in [1.54, 1.807) is 0 Å². The molecule has 1 heterocycles. The molecule has 1 rings (SSSR count). The number of nitrogens with zero attached hydrogens (tertiary/aromatic N) is 1. The van der Waals surface area contributed by atoms with Crippen LogP contribution in [0.25, 0.3) is 0 Å². The van der Waals surface area contributed by atoms with Crippen molar-refractivity contribution in [1.29, 1.82) is 0 Å². The van der Waals surface area contributed by atoms with Gasteiger partial charge in [0.25, 0.3) is 0 Å². The lowest BCUT2D eigenvalue weighted by Gasteiger charge is -2.30. The van der Waals surface area contributed by atoms with Crippen molar-refractivity contribution in [3.05, 3.63) is 0 Å². The summed E-state index contributed by atoms with van der Waals surface area (Å²) in [5, 5.41) is 0. The third-order valence-electron chi connectivity index (χ3n) is 3.01. The normalized spacial score (nSPS) is 20.0. The first kappa shape index (κ1) is 13.3. The van der Waals surface area contributed by atoms with E-state index in [0.29, 0.717) is 6.10 Å². The summed E-state index contributed by atoms with van der Waals surface area (Å²) >= 11 is 4.29. The second-order valence-corrected chi connectivity index (χ2v) is 5.15. The summed E-state index contributed by atoms with van der Waals surface area (Å²) in [5.74, 6) is 1.69. The van der Waals surface area contributed by atoms with Gasteiger partial charge in [0.05, 0.1) is 6.10 Å². The van der Waals surface area contributed by atoms with E-state index in [2.05, 4.69) is 31.4 Å². The van der Waals surface area contributed by atoms with Crippen LogP contribution in [-0.4, -0.2) is 36.6 Å². The average Bonchev–Trinajstić information content (AvgIpc) is 2.25. The number of thiol groups is 1. The molecule has 0 unspecified atom stereocenters. The molecule has 0 saturated carbocycles. The van der Waals surface area contributed by atoms with Crippen molar-refractivity contribution in [1.82, 2.24) is 4.90 Å². The Hall–Kier alpha value is 0.270. The molecular weight excluding hydrogens is 206 g/mol. The smallest absolute Gasteiger partial charge is 0.0599 e. The standard InChI is InChI=1S/C12H25NOS/c1-11(2)4-3-9-14-12-5-7-13(10-15)8-6-12/h11-12,15H,3-10H2,1-2H3. The van der Waals surface area contributed by atoms with E-state index in [4.69, 9.17) is 4.74 Å². The van der Waals surface area contributed by atoms with Crippen LogP contribution in [0.2, 0.25) is 0 Å². The maximum atomic E-state index is 5.87. The number of likely N-dealkylation sites (tertiary alicyclic amines) is 1. The maximum absolute atomic E-state index is 5.87. The van der Waals surface area contributed by atoms with Gasteiger partial charge in [-0.15, -0.1) is 0 Å². The van der Waals surface area contributed by atoms with E-state index in [9.17, 15) is 0 Å². The molecule has 0 spiro atoms. The first-order chi connectivity index (χ1) is 7.22. The summed E-state index contributed by atoms with van der Waals surface area (Å²) in [5.41, 5.74) is 0. The van der Waals surface area contributed by atoms with Gasteiger partial charge < -0.3 is 4.74 Å². The molecule has 0 atom stereocenters. The van der Waals surface area contributed by atoms with E-state index in [-0.39, 0.29) is 0 Å². The highest BCUT2D eigenvalue weighted by molar-refractivity contribution is 7.80. The Morgan fingerprint density at radius 2 is 2.00 bits per heavy atom. The molecular formula is C12H25NOS. The minimum Gasteiger partial charge on any atom is -0.378 e. The molecule has 1 aliphatic heterocycles. The quantitative estimate of drug-likeness (QED) is 0.557. The predicted octanol–water partition coefficient (Wildman–Crippen LogP) is 2.79. The second-order valence-electron chi connectivity index (χ2n) is 4.87. The molecule has 0 bridgehead atoms. The fourth-order valence-electron chi connectivity index (χ4n) is 1.96. The summed E-state index contributed by atoms with van der Waals surface area (Å²) in [7, 11) is 0. The Kier molecular flexibility index (Phi) is 6.69. The van der Waals surface area contributed by atoms with E-state index < -0.39 is 0 Å². The fraction of sp³-hybridized carbons (Fsp3) is 1.00. The molecule has 0 aromatic heterocycles. The van der Waals surface area contributed by atoms with Crippen LogP contribution in [0.4, 0.5) is 0 Å². The van der Waals surface area contributed by atoms with E-state index >= 15 is 0 Å². The molecule has 0 aromatic rings. The van der Waals surface area contributed by atoms with Crippen molar-refractivity contribution in [3.8, 4) is 0 Å². The molecule has 1 aliphatic rings. The largest absolute Gasteiger partial charge is 0.378 e. The Morgan fingerprint density at radius 1 is 1.33 bits per heavy atom. The number of hydrogen-bond donors (Lipinski definition) is 1. The molecule has 0 radical (unpaired) electrons. The van der Waals surface area contributed by atoms with Gasteiger partial charge in [-0.2, -0.15) is 12.6 Å². The summed E-state index contributed by atoms with van der Waals surface area (Å²) in [6.45, 7) is 7.79. The minimum atomic E-state index is 0.508. The molecule has 90 valence electrons. The Morgan fingerprint density at radius 3 is 2.53 bits per heavy atom. The summed E-state index contributed by atoms with van der Waals surface area (Å²) in [6.07, 6.45) is 5.37. The lowest BCUT2D eigenvalue weighted by molar-refractivity contribution is 0.00895. The van der Waals surface area contributed by atoms with E-state index in [1.807, 2.05) is 0 Å². The maximum Gasteiger partial charge on any atom is 0.0599 e. The summed E-state index contributed by atoms with van der Waals surface area (Å²) < 4.78 is 5.87. The zero-order valence-corrected chi connectivity index (χ0v) is 11.0. The van der Waals surface area contributed by atoms with Crippen molar-refractivity contribution < 1.29 is 4.74 Å².